The van der Waals surface area contributed by atoms with Gasteiger partial charge in [0.15, 0.2) is 5.76 Å². The molecule has 2 N–H and O–H groups in total. The van der Waals surface area contributed by atoms with Gasteiger partial charge < -0.3 is 14.8 Å². The Hall–Kier alpha value is -2.27. The molecule has 1 aromatic carbocycles. The fraction of sp³-hybridized carbons (Fsp3) is 0.200. The van der Waals surface area contributed by atoms with E-state index in [1.165, 1.54) is 0 Å². The van der Waals surface area contributed by atoms with Crippen LogP contribution in [0, 0.1) is 0 Å². The van der Waals surface area contributed by atoms with Gasteiger partial charge in [-0.15, -0.1) is 0 Å². The standard InChI is InChI=1S/C15H14ClNO4/c16-11-5-3-10(4-6-11)12-7-8-13(21-12)15(20)17-9-1-2-14(18)19/h3-8H,1-2,9H2,(H,17,20)(H,18,19). The minimum absolute atomic E-state index is 0.0223. The number of carboxylic acid groups (broad SMARTS) is 1. The number of hydrogen-bond donors (Lipinski definition) is 2. The number of nitrogens with one attached hydrogen (secondary N) is 1. The molecule has 2 rings (SSSR count). The van der Waals surface area contributed by atoms with Crippen LogP contribution in [0.4, 0.5) is 0 Å². The summed E-state index contributed by atoms with van der Waals surface area (Å²) in [6.07, 6.45) is 0.403. The fourth-order valence-corrected chi connectivity index (χ4v) is 1.88. The largest absolute Gasteiger partial charge is 0.481 e. The first kappa shape index (κ1) is 15.1. The Balaban J connectivity index is 1.94. The molecule has 0 aliphatic rings. The first-order valence-electron chi connectivity index (χ1n) is 6.42. The highest BCUT2D eigenvalue weighted by Crippen LogP contribution is 2.23. The Morgan fingerprint density at radius 2 is 1.86 bits per heavy atom. The molecule has 0 fully saturated rings. The minimum atomic E-state index is -0.882. The number of furan rings is 1. The maximum atomic E-state index is 11.8. The molecule has 1 amide bonds. The highest BCUT2D eigenvalue weighted by Gasteiger charge is 2.11. The smallest absolute Gasteiger partial charge is 0.303 e. The van der Waals surface area contributed by atoms with E-state index in [0.717, 1.165) is 5.56 Å². The normalized spacial score (nSPS) is 10.3. The highest BCUT2D eigenvalue weighted by atomic mass is 35.5. The Bertz CT molecular complexity index is 633. The summed E-state index contributed by atoms with van der Waals surface area (Å²) < 4.78 is 5.48. The van der Waals surface area contributed by atoms with Crippen LogP contribution in [-0.4, -0.2) is 23.5 Å². The molecule has 2 aromatic rings. The zero-order valence-corrected chi connectivity index (χ0v) is 11.9. The van der Waals surface area contributed by atoms with Gasteiger partial charge in [-0.1, -0.05) is 11.6 Å². The number of carboxylic acids is 1. The van der Waals surface area contributed by atoms with E-state index in [1.54, 1.807) is 36.4 Å². The average Bonchev–Trinajstić information content (AvgIpc) is 2.94. The summed E-state index contributed by atoms with van der Waals surface area (Å²) in [5.74, 6) is -0.481. The maximum absolute atomic E-state index is 11.8. The van der Waals surface area contributed by atoms with Crippen LogP contribution in [-0.2, 0) is 4.79 Å². The minimum Gasteiger partial charge on any atom is -0.481 e. The van der Waals surface area contributed by atoms with Crippen molar-refractivity contribution in [3.8, 4) is 11.3 Å². The third kappa shape index (κ3) is 4.36. The molecule has 0 bridgehead atoms. The monoisotopic (exact) mass is 307 g/mol. The molecule has 0 saturated carbocycles. The van der Waals surface area contributed by atoms with Gasteiger partial charge in [-0.05, 0) is 42.8 Å². The lowest BCUT2D eigenvalue weighted by molar-refractivity contribution is -0.137. The van der Waals surface area contributed by atoms with Crippen LogP contribution < -0.4 is 5.32 Å². The molecule has 0 spiro atoms. The first-order valence-corrected chi connectivity index (χ1v) is 6.80. The van der Waals surface area contributed by atoms with E-state index < -0.39 is 5.97 Å². The summed E-state index contributed by atoms with van der Waals surface area (Å²) >= 11 is 5.81. The van der Waals surface area contributed by atoms with Gasteiger partial charge in [0, 0.05) is 23.6 Å². The van der Waals surface area contributed by atoms with Crippen molar-refractivity contribution in [2.75, 3.05) is 6.54 Å². The van der Waals surface area contributed by atoms with Crippen LogP contribution >= 0.6 is 11.6 Å². The second-order valence-electron chi connectivity index (χ2n) is 4.42. The molecule has 6 heteroatoms. The molecule has 0 saturated heterocycles. The first-order chi connectivity index (χ1) is 10.1. The number of hydrogen-bond acceptors (Lipinski definition) is 3. The van der Waals surface area contributed by atoms with Crippen molar-refractivity contribution in [2.45, 2.75) is 12.8 Å². The lowest BCUT2D eigenvalue weighted by Crippen LogP contribution is -2.24. The second-order valence-corrected chi connectivity index (χ2v) is 4.86. The number of halogens is 1. The van der Waals surface area contributed by atoms with Crippen molar-refractivity contribution in [1.82, 2.24) is 5.32 Å². The lowest BCUT2D eigenvalue weighted by Gasteiger charge is -2.01. The molecular weight excluding hydrogens is 294 g/mol. The molecule has 0 atom stereocenters. The van der Waals surface area contributed by atoms with Crippen LogP contribution in [0.1, 0.15) is 23.4 Å². The van der Waals surface area contributed by atoms with E-state index in [2.05, 4.69) is 5.32 Å². The van der Waals surface area contributed by atoms with Crippen molar-refractivity contribution < 1.29 is 19.1 Å². The number of rotatable bonds is 6. The van der Waals surface area contributed by atoms with E-state index in [1.807, 2.05) is 0 Å². The van der Waals surface area contributed by atoms with Crippen molar-refractivity contribution in [1.29, 1.82) is 0 Å². The van der Waals surface area contributed by atoms with Gasteiger partial charge in [0.25, 0.3) is 5.91 Å². The molecule has 1 heterocycles. The Morgan fingerprint density at radius 1 is 1.14 bits per heavy atom. The van der Waals surface area contributed by atoms with Crippen molar-refractivity contribution >= 4 is 23.5 Å². The zero-order chi connectivity index (χ0) is 15.2. The topological polar surface area (TPSA) is 79.5 Å². The van der Waals surface area contributed by atoms with Gasteiger partial charge in [-0.3, -0.25) is 9.59 Å². The van der Waals surface area contributed by atoms with E-state index in [4.69, 9.17) is 21.1 Å². The molecule has 5 nitrogen and oxygen atoms in total. The third-order valence-electron chi connectivity index (χ3n) is 2.81. The van der Waals surface area contributed by atoms with Crippen molar-refractivity contribution in [2.24, 2.45) is 0 Å². The summed E-state index contributed by atoms with van der Waals surface area (Å²) in [4.78, 5) is 22.2. The second kappa shape index (κ2) is 6.95. The molecule has 0 unspecified atom stereocenters. The number of carbonyl (C=O) groups is 2. The summed E-state index contributed by atoms with van der Waals surface area (Å²) in [5.41, 5.74) is 0.823. The zero-order valence-electron chi connectivity index (χ0n) is 11.1. The van der Waals surface area contributed by atoms with Crippen LogP contribution in [0.25, 0.3) is 11.3 Å². The van der Waals surface area contributed by atoms with Gasteiger partial charge >= 0.3 is 5.97 Å². The molecule has 0 radical (unpaired) electrons. The van der Waals surface area contributed by atoms with Crippen LogP contribution in [0.3, 0.4) is 0 Å². The molecule has 0 aliphatic carbocycles. The SMILES string of the molecule is O=C(O)CCCNC(=O)c1ccc(-c2ccc(Cl)cc2)o1. The third-order valence-corrected chi connectivity index (χ3v) is 3.06. The average molecular weight is 308 g/mol. The van der Waals surface area contributed by atoms with Crippen molar-refractivity contribution in [3.63, 3.8) is 0 Å². The Kier molecular flexibility index (Phi) is 5.00. The van der Waals surface area contributed by atoms with Crippen LogP contribution in [0.15, 0.2) is 40.8 Å². The number of amides is 1. The molecule has 1 aromatic heterocycles. The van der Waals surface area contributed by atoms with Gasteiger partial charge in [0.2, 0.25) is 0 Å². The van der Waals surface area contributed by atoms with Gasteiger partial charge in [0.1, 0.15) is 5.76 Å². The number of benzene rings is 1. The maximum Gasteiger partial charge on any atom is 0.303 e. The molecule has 0 aliphatic heterocycles. The molecule has 21 heavy (non-hydrogen) atoms. The summed E-state index contributed by atoms with van der Waals surface area (Å²) in [5, 5.41) is 11.7. The predicted octanol–water partition coefficient (Wildman–Crippen LogP) is 3.19. The number of carbonyl (C=O) groups excluding carboxylic acids is 1. The molecular formula is C15H14ClNO4. The summed E-state index contributed by atoms with van der Waals surface area (Å²) in [6, 6.07) is 10.4. The predicted molar refractivity (Wildman–Crippen MR) is 78.4 cm³/mol. The van der Waals surface area contributed by atoms with E-state index >= 15 is 0 Å². The van der Waals surface area contributed by atoms with Crippen LogP contribution in [0.5, 0.6) is 0 Å². The molecule has 110 valence electrons. The Labute approximate surface area is 126 Å². The fourth-order valence-electron chi connectivity index (χ4n) is 1.76. The van der Waals surface area contributed by atoms with E-state index in [9.17, 15) is 9.59 Å². The lowest BCUT2D eigenvalue weighted by atomic mass is 10.2. The highest BCUT2D eigenvalue weighted by molar-refractivity contribution is 6.30. The summed E-state index contributed by atoms with van der Waals surface area (Å²) in [7, 11) is 0. The quantitative estimate of drug-likeness (QED) is 0.803. The van der Waals surface area contributed by atoms with E-state index in [0.29, 0.717) is 23.7 Å². The van der Waals surface area contributed by atoms with Crippen LogP contribution in [0.2, 0.25) is 5.02 Å². The van der Waals surface area contributed by atoms with Gasteiger partial charge in [0.05, 0.1) is 0 Å². The van der Waals surface area contributed by atoms with Gasteiger partial charge in [-0.25, -0.2) is 0 Å². The van der Waals surface area contributed by atoms with Gasteiger partial charge in [-0.2, -0.15) is 0 Å². The number of aliphatic carboxylic acids is 1. The summed E-state index contributed by atoms with van der Waals surface area (Å²) in [6.45, 7) is 0.294. The van der Waals surface area contributed by atoms with E-state index in [-0.39, 0.29) is 18.1 Å². The van der Waals surface area contributed by atoms with Crippen molar-refractivity contribution in [3.05, 3.63) is 47.2 Å². The Morgan fingerprint density at radius 3 is 2.52 bits per heavy atom.